The number of nitrogens with zero attached hydrogens (tertiary/aromatic N) is 2. The van der Waals surface area contributed by atoms with Crippen molar-refractivity contribution in [1.29, 1.82) is 0 Å². The molecule has 0 N–H and O–H groups in total. The fourth-order valence-corrected chi connectivity index (χ4v) is 19.7. The lowest BCUT2D eigenvalue weighted by Gasteiger charge is -2.55. The van der Waals surface area contributed by atoms with Crippen molar-refractivity contribution in [2.45, 2.75) is 82.2 Å². The number of anilines is 6. The summed E-state index contributed by atoms with van der Waals surface area (Å²) in [6.07, 6.45) is 14.0. The van der Waals surface area contributed by atoms with E-state index in [2.05, 4.69) is 138 Å². The van der Waals surface area contributed by atoms with Crippen LogP contribution >= 0.6 is 0 Å². The zero-order chi connectivity index (χ0) is 35.5. The van der Waals surface area contributed by atoms with Gasteiger partial charge in [0, 0.05) is 22.7 Å². The van der Waals surface area contributed by atoms with E-state index in [0.29, 0.717) is 0 Å². The van der Waals surface area contributed by atoms with Gasteiger partial charge in [0.1, 0.15) is 8.07 Å². The average molecular weight is 717 g/mol. The first-order valence-corrected chi connectivity index (χ1v) is 22.8. The maximum atomic E-state index is 6.42. The molecule has 4 heterocycles. The summed E-state index contributed by atoms with van der Waals surface area (Å²) in [4.78, 5) is 5.16. The number of fused-ring (bicyclic) bond motifs is 9. The Bertz CT molecular complexity index is 2450. The van der Waals surface area contributed by atoms with Gasteiger partial charge in [-0.2, -0.15) is 0 Å². The van der Waals surface area contributed by atoms with Crippen molar-refractivity contribution in [1.82, 2.24) is 0 Å². The lowest BCUT2D eigenvalue weighted by Crippen LogP contribution is -2.71. The Kier molecular flexibility index (Phi) is 6.82. The Hall–Kier alpha value is -5.00. The average Bonchev–Trinajstić information content (AvgIpc) is 3.55. The van der Waals surface area contributed by atoms with Crippen LogP contribution in [-0.2, 0) is 0 Å². The molecule has 2 aliphatic carbocycles. The van der Waals surface area contributed by atoms with Gasteiger partial charge in [0.25, 0.3) is 0 Å². The molecule has 5 heteroatoms. The number of rotatable bonds is 3. The van der Waals surface area contributed by atoms with E-state index >= 15 is 0 Å². The Morgan fingerprint density at radius 2 is 1.17 bits per heavy atom. The summed E-state index contributed by atoms with van der Waals surface area (Å²) in [5, 5.41) is 3.50. The van der Waals surface area contributed by atoms with Crippen molar-refractivity contribution >= 4 is 75.7 Å². The molecule has 264 valence electrons. The minimum absolute atomic E-state index is 0.227. The standard InChI is InChI=1S/C49H45BN2OSi/c1-32-29-37-36-31-33(51-40-20-8-11-23-44(40)53-45-24-12-9-21-41(45)51)27-28-38(36)50-39-19-14-26-47-49(39)52(43(30-32)48(37)50)42-22-10-13-25-46(42)54(47,34-15-4-2-5-16-34)35-17-6-3-7-18-35/h8-14,19-31,34-35H,2-7,15-18H2,1H3. The van der Waals surface area contributed by atoms with Crippen LogP contribution in [0.15, 0.2) is 121 Å². The molecule has 6 aliphatic rings. The maximum Gasteiger partial charge on any atom is 0.248 e. The fraction of sp³-hybridized carbons (Fsp3) is 0.265. The molecule has 0 atom stereocenters. The third-order valence-corrected chi connectivity index (χ3v) is 20.6. The third kappa shape index (κ3) is 4.14. The highest BCUT2D eigenvalue weighted by molar-refractivity contribution is 7.08. The molecular weight excluding hydrogens is 671 g/mol. The van der Waals surface area contributed by atoms with Gasteiger partial charge >= 0.3 is 0 Å². The van der Waals surface area contributed by atoms with Crippen LogP contribution in [-0.4, -0.2) is 14.8 Å². The van der Waals surface area contributed by atoms with Gasteiger partial charge in [-0.05, 0) is 105 Å². The van der Waals surface area contributed by atoms with Crippen LogP contribution in [0.3, 0.4) is 0 Å². The summed E-state index contributed by atoms with van der Waals surface area (Å²) in [6, 6.07) is 46.7. The van der Waals surface area contributed by atoms with E-state index < -0.39 is 8.07 Å². The first-order valence-electron chi connectivity index (χ1n) is 20.7. The van der Waals surface area contributed by atoms with Crippen molar-refractivity contribution in [3.05, 3.63) is 127 Å². The molecule has 12 rings (SSSR count). The second kappa shape index (κ2) is 11.7. The van der Waals surface area contributed by atoms with Crippen LogP contribution < -0.4 is 41.3 Å². The smallest absolute Gasteiger partial charge is 0.248 e. The minimum atomic E-state index is -2.19. The Balaban J connectivity index is 1.11. The summed E-state index contributed by atoms with van der Waals surface area (Å²) in [7, 11) is -2.19. The van der Waals surface area contributed by atoms with Gasteiger partial charge < -0.3 is 14.5 Å². The summed E-state index contributed by atoms with van der Waals surface area (Å²) in [5.41, 5.74) is 18.0. The van der Waals surface area contributed by atoms with Crippen LogP contribution in [0, 0.1) is 6.92 Å². The van der Waals surface area contributed by atoms with E-state index in [1.54, 1.807) is 16.1 Å². The van der Waals surface area contributed by atoms with Crippen LogP contribution in [0.25, 0.3) is 11.1 Å². The fourth-order valence-electron chi connectivity index (χ4n) is 12.4. The summed E-state index contributed by atoms with van der Waals surface area (Å²) < 4.78 is 6.42. The highest BCUT2D eigenvalue weighted by atomic mass is 28.3. The SMILES string of the molecule is Cc1cc2c3c(c1)N1c4ccccc4[Si](C4CCCCC4)(C4CCCCC4)c4cccc(c41)B3c1ccc(N3c4ccccc4Oc4ccccc43)cc1-2. The largest absolute Gasteiger partial charge is 0.453 e. The molecule has 0 unspecified atom stereocenters. The molecule has 4 aliphatic heterocycles. The van der Waals surface area contributed by atoms with Gasteiger partial charge in [-0.1, -0.05) is 142 Å². The van der Waals surface area contributed by atoms with Gasteiger partial charge in [0.15, 0.2) is 11.5 Å². The Morgan fingerprint density at radius 3 is 1.87 bits per heavy atom. The van der Waals surface area contributed by atoms with Crippen LogP contribution in [0.1, 0.15) is 69.8 Å². The molecule has 2 saturated carbocycles. The minimum Gasteiger partial charge on any atom is -0.453 e. The van der Waals surface area contributed by atoms with E-state index in [1.807, 2.05) is 0 Å². The van der Waals surface area contributed by atoms with E-state index in [1.165, 1.54) is 114 Å². The molecule has 0 amide bonds. The maximum absolute atomic E-state index is 6.42. The number of para-hydroxylation sites is 6. The van der Waals surface area contributed by atoms with Crippen LogP contribution in [0.2, 0.25) is 11.1 Å². The van der Waals surface area contributed by atoms with Gasteiger partial charge in [-0.25, -0.2) is 0 Å². The van der Waals surface area contributed by atoms with Crippen LogP contribution in [0.5, 0.6) is 11.5 Å². The van der Waals surface area contributed by atoms with Gasteiger partial charge in [-0.15, -0.1) is 0 Å². The van der Waals surface area contributed by atoms with E-state index in [0.717, 1.165) is 34.0 Å². The monoisotopic (exact) mass is 716 g/mol. The topological polar surface area (TPSA) is 15.7 Å². The zero-order valence-electron chi connectivity index (χ0n) is 31.2. The van der Waals surface area contributed by atoms with E-state index in [9.17, 15) is 0 Å². The zero-order valence-corrected chi connectivity index (χ0v) is 32.2. The second-order valence-electron chi connectivity index (χ2n) is 17.0. The van der Waals surface area contributed by atoms with E-state index in [-0.39, 0.29) is 6.71 Å². The summed E-state index contributed by atoms with van der Waals surface area (Å²) >= 11 is 0. The molecule has 0 radical (unpaired) electrons. The third-order valence-electron chi connectivity index (χ3n) is 14.3. The normalized spacial score (nSPS) is 18.9. The van der Waals surface area contributed by atoms with Gasteiger partial charge in [0.05, 0.1) is 11.4 Å². The number of ether oxygens (including phenoxy) is 1. The quantitative estimate of drug-likeness (QED) is 0.169. The van der Waals surface area contributed by atoms with Crippen molar-refractivity contribution in [2.75, 3.05) is 9.80 Å². The molecule has 0 aromatic heterocycles. The molecule has 3 nitrogen and oxygen atoms in total. The number of hydrogen-bond donors (Lipinski definition) is 0. The Morgan fingerprint density at radius 1 is 0.537 bits per heavy atom. The molecule has 6 aromatic rings. The summed E-state index contributed by atoms with van der Waals surface area (Å²) in [5.74, 6) is 1.78. The molecule has 54 heavy (non-hydrogen) atoms. The molecular formula is C49H45BN2OSi. The molecule has 6 aromatic carbocycles. The predicted octanol–water partition coefficient (Wildman–Crippen LogP) is 10.4. The highest BCUT2D eigenvalue weighted by Gasteiger charge is 2.57. The number of hydrogen-bond acceptors (Lipinski definition) is 3. The Labute approximate surface area is 320 Å². The van der Waals surface area contributed by atoms with Gasteiger partial charge in [0.2, 0.25) is 6.71 Å². The molecule has 0 bridgehead atoms. The van der Waals surface area contributed by atoms with Crippen molar-refractivity contribution in [3.63, 3.8) is 0 Å². The number of benzene rings is 6. The van der Waals surface area contributed by atoms with Crippen molar-refractivity contribution in [2.24, 2.45) is 0 Å². The van der Waals surface area contributed by atoms with E-state index in [4.69, 9.17) is 4.74 Å². The first kappa shape index (κ1) is 31.4. The lowest BCUT2D eigenvalue weighted by atomic mass is 9.37. The first-order chi connectivity index (χ1) is 26.7. The van der Waals surface area contributed by atoms with Gasteiger partial charge in [-0.3, -0.25) is 0 Å². The molecule has 0 saturated heterocycles. The second-order valence-corrected chi connectivity index (χ2v) is 21.4. The number of aryl methyl sites for hydroxylation is 1. The van der Waals surface area contributed by atoms with Crippen LogP contribution in [0.4, 0.5) is 34.1 Å². The molecule has 0 spiro atoms. The van der Waals surface area contributed by atoms with Crippen molar-refractivity contribution in [3.8, 4) is 22.6 Å². The lowest BCUT2D eigenvalue weighted by molar-refractivity contribution is 0.459. The summed E-state index contributed by atoms with van der Waals surface area (Å²) in [6.45, 7) is 2.53. The molecule has 2 fully saturated rings. The highest BCUT2D eigenvalue weighted by Crippen LogP contribution is 2.55. The predicted molar refractivity (Wildman–Crippen MR) is 229 cm³/mol. The van der Waals surface area contributed by atoms with Crippen molar-refractivity contribution < 1.29 is 4.74 Å².